The van der Waals surface area contributed by atoms with E-state index in [0.717, 1.165) is 11.9 Å². The van der Waals surface area contributed by atoms with Gasteiger partial charge in [-0.2, -0.15) is 0 Å². The molecule has 3 heteroatoms. The van der Waals surface area contributed by atoms with E-state index in [1.165, 1.54) is 64.8 Å². The number of alkyl halides is 1. The molecule has 15 heavy (non-hydrogen) atoms. The van der Waals surface area contributed by atoms with Crippen molar-refractivity contribution in [1.29, 1.82) is 0 Å². The largest absolute Gasteiger partial charge is 0.301 e. The number of piperazine rings is 1. The van der Waals surface area contributed by atoms with Crippen molar-refractivity contribution >= 4 is 11.6 Å². The number of fused-ring (bicyclic) bond motifs is 1. The Kier molecular flexibility index (Phi) is 4.73. The summed E-state index contributed by atoms with van der Waals surface area (Å²) in [6, 6.07) is 0.864. The molecule has 0 amide bonds. The van der Waals surface area contributed by atoms with Crippen LogP contribution >= 0.6 is 11.6 Å². The molecule has 2 nitrogen and oxygen atoms in total. The molecule has 0 bridgehead atoms. The Balaban J connectivity index is 1.71. The maximum absolute atomic E-state index is 5.70. The van der Waals surface area contributed by atoms with Gasteiger partial charge in [-0.3, -0.25) is 4.90 Å². The minimum absolute atomic E-state index is 0.823. The quantitative estimate of drug-likeness (QED) is 0.540. The Morgan fingerprint density at radius 2 is 2.00 bits per heavy atom. The molecule has 1 atom stereocenters. The Bertz CT molecular complexity index is 184. The number of rotatable bonds is 4. The summed E-state index contributed by atoms with van der Waals surface area (Å²) in [6.45, 7) is 6.49. The molecule has 2 fully saturated rings. The van der Waals surface area contributed by atoms with Gasteiger partial charge in [0.05, 0.1) is 0 Å². The second kappa shape index (κ2) is 6.07. The van der Waals surface area contributed by atoms with Crippen molar-refractivity contribution in [2.45, 2.75) is 38.1 Å². The fraction of sp³-hybridized carbons (Fsp3) is 1.00. The molecule has 2 heterocycles. The molecule has 0 aliphatic carbocycles. The van der Waals surface area contributed by atoms with Gasteiger partial charge in [-0.25, -0.2) is 0 Å². The van der Waals surface area contributed by atoms with Crippen molar-refractivity contribution in [1.82, 2.24) is 9.80 Å². The number of hydrogen-bond donors (Lipinski definition) is 0. The van der Waals surface area contributed by atoms with E-state index in [4.69, 9.17) is 11.6 Å². The molecule has 0 aromatic heterocycles. The summed E-state index contributed by atoms with van der Waals surface area (Å²) in [5, 5.41) is 0. The molecule has 0 saturated carbocycles. The molecule has 2 aliphatic heterocycles. The number of piperidine rings is 1. The second-order valence-electron chi connectivity index (χ2n) is 4.88. The first kappa shape index (κ1) is 11.7. The molecule has 0 N–H and O–H groups in total. The van der Waals surface area contributed by atoms with Gasteiger partial charge in [-0.05, 0) is 38.8 Å². The molecule has 0 spiro atoms. The average molecular weight is 231 g/mol. The fourth-order valence-corrected chi connectivity index (χ4v) is 3.04. The second-order valence-corrected chi connectivity index (χ2v) is 5.26. The zero-order chi connectivity index (χ0) is 10.5. The monoisotopic (exact) mass is 230 g/mol. The van der Waals surface area contributed by atoms with Crippen molar-refractivity contribution in [3.05, 3.63) is 0 Å². The van der Waals surface area contributed by atoms with Gasteiger partial charge in [-0.1, -0.05) is 6.42 Å². The maximum atomic E-state index is 5.70. The van der Waals surface area contributed by atoms with Gasteiger partial charge in [0, 0.05) is 31.6 Å². The Hall–Kier alpha value is 0.210. The van der Waals surface area contributed by atoms with Crippen molar-refractivity contribution in [2.75, 3.05) is 38.6 Å². The van der Waals surface area contributed by atoms with E-state index in [-0.39, 0.29) is 0 Å². The first-order chi connectivity index (χ1) is 7.40. The van der Waals surface area contributed by atoms with E-state index < -0.39 is 0 Å². The smallest absolute Gasteiger partial charge is 0.0223 e. The minimum Gasteiger partial charge on any atom is -0.301 e. The summed E-state index contributed by atoms with van der Waals surface area (Å²) in [6.07, 6.45) is 6.73. The van der Waals surface area contributed by atoms with E-state index in [2.05, 4.69) is 9.80 Å². The standard InChI is InChI=1S/C12H23ClN2/c13-6-2-4-7-14-9-10-15-8-3-1-5-12(15)11-14/h12H,1-11H2. The third-order valence-corrected chi connectivity index (χ3v) is 4.05. The van der Waals surface area contributed by atoms with Crippen molar-refractivity contribution < 1.29 is 0 Å². The molecule has 2 saturated heterocycles. The topological polar surface area (TPSA) is 6.48 Å². The van der Waals surface area contributed by atoms with Crippen molar-refractivity contribution in [2.24, 2.45) is 0 Å². The lowest BCUT2D eigenvalue weighted by Gasteiger charge is -2.44. The van der Waals surface area contributed by atoms with Crippen LogP contribution in [0.4, 0.5) is 0 Å². The van der Waals surface area contributed by atoms with E-state index in [0.29, 0.717) is 0 Å². The molecule has 2 aliphatic rings. The van der Waals surface area contributed by atoms with Crippen LogP contribution in [0.3, 0.4) is 0 Å². The first-order valence-corrected chi connectivity index (χ1v) is 6.96. The van der Waals surface area contributed by atoms with Crippen molar-refractivity contribution in [3.8, 4) is 0 Å². The average Bonchev–Trinajstić information content (AvgIpc) is 2.29. The lowest BCUT2D eigenvalue weighted by atomic mass is 9.99. The molecule has 0 aromatic rings. The van der Waals surface area contributed by atoms with Crippen LogP contribution in [0.2, 0.25) is 0 Å². The summed E-state index contributed by atoms with van der Waals surface area (Å²) < 4.78 is 0. The Labute approximate surface area is 98.6 Å². The molecule has 1 unspecified atom stereocenters. The van der Waals surface area contributed by atoms with Gasteiger partial charge in [0.15, 0.2) is 0 Å². The SMILES string of the molecule is ClCCCCN1CCN2CCCCC2C1. The first-order valence-electron chi connectivity index (χ1n) is 6.42. The maximum Gasteiger partial charge on any atom is 0.0223 e. The van der Waals surface area contributed by atoms with Gasteiger partial charge in [-0.15, -0.1) is 11.6 Å². The highest BCUT2D eigenvalue weighted by Crippen LogP contribution is 2.21. The summed E-state index contributed by atoms with van der Waals surface area (Å²) in [5.74, 6) is 0.823. The predicted molar refractivity (Wildman–Crippen MR) is 65.6 cm³/mol. The number of unbranched alkanes of at least 4 members (excludes halogenated alkanes) is 1. The zero-order valence-electron chi connectivity index (χ0n) is 9.63. The minimum atomic E-state index is 0.823. The van der Waals surface area contributed by atoms with E-state index in [9.17, 15) is 0 Å². The molecular weight excluding hydrogens is 208 g/mol. The van der Waals surface area contributed by atoms with E-state index >= 15 is 0 Å². The number of halogens is 1. The van der Waals surface area contributed by atoms with Crippen LogP contribution < -0.4 is 0 Å². The summed E-state index contributed by atoms with van der Waals surface area (Å²) >= 11 is 5.70. The van der Waals surface area contributed by atoms with Gasteiger partial charge in [0.25, 0.3) is 0 Å². The predicted octanol–water partition coefficient (Wildman–Crippen LogP) is 2.18. The Morgan fingerprint density at radius 1 is 1.07 bits per heavy atom. The molecule has 2 rings (SSSR count). The fourth-order valence-electron chi connectivity index (χ4n) is 2.85. The lowest BCUT2D eigenvalue weighted by Crippen LogP contribution is -2.54. The zero-order valence-corrected chi connectivity index (χ0v) is 10.4. The van der Waals surface area contributed by atoms with Gasteiger partial charge >= 0.3 is 0 Å². The number of nitrogens with zero attached hydrogens (tertiary/aromatic N) is 2. The van der Waals surface area contributed by atoms with Crippen LogP contribution in [-0.2, 0) is 0 Å². The van der Waals surface area contributed by atoms with Gasteiger partial charge in [0.1, 0.15) is 0 Å². The van der Waals surface area contributed by atoms with Crippen LogP contribution in [0.1, 0.15) is 32.1 Å². The third-order valence-electron chi connectivity index (χ3n) is 3.78. The van der Waals surface area contributed by atoms with Crippen LogP contribution in [0.25, 0.3) is 0 Å². The summed E-state index contributed by atoms with van der Waals surface area (Å²) in [4.78, 5) is 5.33. The van der Waals surface area contributed by atoms with Crippen LogP contribution in [0, 0.1) is 0 Å². The van der Waals surface area contributed by atoms with Gasteiger partial charge < -0.3 is 4.90 Å². The lowest BCUT2D eigenvalue weighted by molar-refractivity contribution is 0.0489. The molecule has 0 aromatic carbocycles. The molecule has 0 radical (unpaired) electrons. The van der Waals surface area contributed by atoms with Crippen LogP contribution in [-0.4, -0.2) is 54.4 Å². The van der Waals surface area contributed by atoms with Gasteiger partial charge in [0.2, 0.25) is 0 Å². The normalized spacial score (nSPS) is 29.0. The molecular formula is C12H23ClN2. The summed E-state index contributed by atoms with van der Waals surface area (Å²) in [7, 11) is 0. The Morgan fingerprint density at radius 3 is 2.87 bits per heavy atom. The van der Waals surface area contributed by atoms with Crippen molar-refractivity contribution in [3.63, 3.8) is 0 Å². The number of hydrogen-bond acceptors (Lipinski definition) is 2. The highest BCUT2D eigenvalue weighted by molar-refractivity contribution is 6.17. The summed E-state index contributed by atoms with van der Waals surface area (Å²) in [5.41, 5.74) is 0. The van der Waals surface area contributed by atoms with E-state index in [1.54, 1.807) is 0 Å². The highest BCUT2D eigenvalue weighted by atomic mass is 35.5. The molecule has 88 valence electrons. The van der Waals surface area contributed by atoms with Crippen LogP contribution in [0.5, 0.6) is 0 Å². The van der Waals surface area contributed by atoms with E-state index in [1.807, 2.05) is 0 Å². The van der Waals surface area contributed by atoms with Crippen LogP contribution in [0.15, 0.2) is 0 Å². The third kappa shape index (κ3) is 3.33. The highest BCUT2D eigenvalue weighted by Gasteiger charge is 2.28.